The summed E-state index contributed by atoms with van der Waals surface area (Å²) < 4.78 is 5.78. The molecular formula is C22H24N2O3. The van der Waals surface area contributed by atoms with Crippen LogP contribution in [-0.2, 0) is 9.53 Å². The van der Waals surface area contributed by atoms with Crippen molar-refractivity contribution in [2.75, 3.05) is 24.6 Å². The van der Waals surface area contributed by atoms with Crippen molar-refractivity contribution < 1.29 is 14.6 Å². The highest BCUT2D eigenvalue weighted by molar-refractivity contribution is 5.96. The Morgan fingerprint density at radius 2 is 1.89 bits per heavy atom. The lowest BCUT2D eigenvalue weighted by Crippen LogP contribution is -2.50. The fourth-order valence-electron chi connectivity index (χ4n) is 3.52. The molecule has 4 rings (SSSR count). The quantitative estimate of drug-likeness (QED) is 0.898. The van der Waals surface area contributed by atoms with Crippen LogP contribution in [0.5, 0.6) is 0 Å². The van der Waals surface area contributed by atoms with Gasteiger partial charge >= 0.3 is 5.97 Å². The van der Waals surface area contributed by atoms with Gasteiger partial charge in [0, 0.05) is 24.3 Å². The summed E-state index contributed by atoms with van der Waals surface area (Å²) in [4.78, 5) is 17.9. The maximum Gasteiger partial charge on any atom is 0.310 e. The van der Waals surface area contributed by atoms with Crippen LogP contribution in [0.3, 0.4) is 0 Å². The monoisotopic (exact) mass is 364 g/mol. The zero-order valence-electron chi connectivity index (χ0n) is 15.9. The van der Waals surface area contributed by atoms with Gasteiger partial charge in [-0.05, 0) is 61.7 Å². The van der Waals surface area contributed by atoms with Gasteiger partial charge in [0.15, 0.2) is 0 Å². The molecule has 0 saturated carbocycles. The third-order valence-corrected chi connectivity index (χ3v) is 5.07. The maximum absolute atomic E-state index is 11.1. The Hall–Kier alpha value is -2.82. The van der Waals surface area contributed by atoms with Gasteiger partial charge in [-0.2, -0.15) is 0 Å². The van der Waals surface area contributed by atoms with E-state index in [1.807, 2.05) is 12.1 Å². The average molecular weight is 364 g/mol. The molecule has 1 saturated heterocycles. The Kier molecular flexibility index (Phi) is 4.17. The normalized spacial score (nSPS) is 18.6. The number of rotatable bonds is 4. The molecule has 0 aromatic heterocycles. The van der Waals surface area contributed by atoms with E-state index < -0.39 is 5.97 Å². The molecule has 0 spiro atoms. The summed E-state index contributed by atoms with van der Waals surface area (Å²) in [7, 11) is 0. The number of carbonyl (C=O) groups is 1. The molecule has 140 valence electrons. The Bertz CT molecular complexity index is 927. The van der Waals surface area contributed by atoms with E-state index in [9.17, 15) is 4.79 Å². The number of aliphatic imine (C=N–C) groups is 1. The fraction of sp³-hybridized carbons (Fsp3) is 0.364. The first-order chi connectivity index (χ1) is 12.8. The summed E-state index contributed by atoms with van der Waals surface area (Å²) in [6.45, 7) is 7.93. The third kappa shape index (κ3) is 3.54. The van der Waals surface area contributed by atoms with Crippen molar-refractivity contribution in [1.82, 2.24) is 0 Å². The van der Waals surface area contributed by atoms with Gasteiger partial charge in [0.2, 0.25) is 5.90 Å². The minimum Gasteiger partial charge on any atom is -0.481 e. The van der Waals surface area contributed by atoms with Crippen LogP contribution in [0.15, 0.2) is 47.5 Å². The van der Waals surface area contributed by atoms with Gasteiger partial charge in [0.1, 0.15) is 6.61 Å². The van der Waals surface area contributed by atoms with Gasteiger partial charge < -0.3 is 14.7 Å². The number of ether oxygens (including phenoxy) is 1. The zero-order valence-corrected chi connectivity index (χ0v) is 15.9. The van der Waals surface area contributed by atoms with E-state index in [0.29, 0.717) is 25.6 Å². The van der Waals surface area contributed by atoms with E-state index in [1.54, 1.807) is 0 Å². The summed E-state index contributed by atoms with van der Waals surface area (Å²) >= 11 is 0. The summed E-state index contributed by atoms with van der Waals surface area (Å²) in [5.74, 6) is -0.285. The second kappa shape index (κ2) is 6.41. The number of aliphatic carboxylic acids is 1. The highest BCUT2D eigenvalue weighted by atomic mass is 16.5. The number of carboxylic acid groups (broad SMARTS) is 1. The van der Waals surface area contributed by atoms with Crippen molar-refractivity contribution in [2.24, 2.45) is 10.9 Å². The maximum atomic E-state index is 11.1. The van der Waals surface area contributed by atoms with Gasteiger partial charge in [0.25, 0.3) is 0 Å². The minimum absolute atomic E-state index is 0.181. The van der Waals surface area contributed by atoms with Crippen molar-refractivity contribution in [3.63, 3.8) is 0 Å². The topological polar surface area (TPSA) is 62.1 Å². The predicted octanol–water partition coefficient (Wildman–Crippen LogP) is 3.74. The van der Waals surface area contributed by atoms with Gasteiger partial charge in [-0.3, -0.25) is 4.79 Å². The van der Waals surface area contributed by atoms with Gasteiger partial charge in [0.05, 0.1) is 11.5 Å². The number of anilines is 1. The fourth-order valence-corrected chi connectivity index (χ4v) is 3.52. The van der Waals surface area contributed by atoms with E-state index in [4.69, 9.17) is 9.84 Å². The average Bonchev–Trinajstić information content (AvgIpc) is 2.93. The van der Waals surface area contributed by atoms with Crippen molar-refractivity contribution >= 4 is 17.6 Å². The molecule has 27 heavy (non-hydrogen) atoms. The van der Waals surface area contributed by atoms with Gasteiger partial charge in [-0.1, -0.05) is 18.2 Å². The molecule has 0 aliphatic carbocycles. The molecule has 2 aromatic carbocycles. The van der Waals surface area contributed by atoms with Crippen molar-refractivity contribution in [1.29, 1.82) is 0 Å². The highest BCUT2D eigenvalue weighted by Crippen LogP contribution is 2.32. The van der Waals surface area contributed by atoms with E-state index in [-0.39, 0.29) is 11.5 Å². The molecule has 2 aliphatic rings. The molecule has 5 heteroatoms. The first kappa shape index (κ1) is 17.6. The first-order valence-corrected chi connectivity index (χ1v) is 9.24. The molecule has 2 aliphatic heterocycles. The lowest BCUT2D eigenvalue weighted by atomic mass is 9.96. The van der Waals surface area contributed by atoms with Crippen molar-refractivity contribution in [3.8, 4) is 11.1 Å². The Labute approximate surface area is 159 Å². The van der Waals surface area contributed by atoms with Gasteiger partial charge in [-0.25, -0.2) is 4.99 Å². The first-order valence-electron chi connectivity index (χ1n) is 9.24. The summed E-state index contributed by atoms with van der Waals surface area (Å²) in [6.07, 6.45) is 0. The van der Waals surface area contributed by atoms with Crippen LogP contribution in [0.1, 0.15) is 25.0 Å². The van der Waals surface area contributed by atoms with Crippen molar-refractivity contribution in [2.45, 2.75) is 26.3 Å². The predicted molar refractivity (Wildman–Crippen MR) is 107 cm³/mol. The Morgan fingerprint density at radius 3 is 2.56 bits per heavy atom. The SMILES string of the molecule is Cc1cc(-c2cccc(C3=NC(C)(C)CO3)c2)cc(N2CC(C(=O)O)C2)c1. The molecule has 5 nitrogen and oxygen atoms in total. The van der Waals surface area contributed by atoms with Crippen LogP contribution in [0.4, 0.5) is 5.69 Å². The number of carboxylic acids is 1. The second-order valence-corrected chi connectivity index (χ2v) is 8.10. The number of aryl methyl sites for hydroxylation is 1. The minimum atomic E-state index is -0.716. The van der Waals surface area contributed by atoms with E-state index in [1.165, 1.54) is 0 Å². The Balaban J connectivity index is 1.63. The molecule has 1 fully saturated rings. The lowest BCUT2D eigenvalue weighted by Gasteiger charge is -2.39. The highest BCUT2D eigenvalue weighted by Gasteiger charge is 2.33. The summed E-state index contributed by atoms with van der Waals surface area (Å²) in [5.41, 5.74) is 5.24. The molecular weight excluding hydrogens is 340 g/mol. The van der Waals surface area contributed by atoms with Crippen LogP contribution < -0.4 is 4.90 Å². The molecule has 0 amide bonds. The number of hydrogen-bond donors (Lipinski definition) is 1. The summed E-state index contributed by atoms with van der Waals surface area (Å²) in [6, 6.07) is 14.6. The number of nitrogens with zero attached hydrogens (tertiary/aromatic N) is 2. The van der Waals surface area contributed by atoms with E-state index in [2.05, 4.69) is 61.0 Å². The molecule has 0 bridgehead atoms. The number of hydrogen-bond acceptors (Lipinski definition) is 4. The molecule has 2 aromatic rings. The second-order valence-electron chi connectivity index (χ2n) is 8.10. The molecule has 0 atom stereocenters. The molecule has 1 N–H and O–H groups in total. The van der Waals surface area contributed by atoms with Crippen LogP contribution in [0.25, 0.3) is 11.1 Å². The van der Waals surface area contributed by atoms with Crippen LogP contribution >= 0.6 is 0 Å². The molecule has 0 radical (unpaired) electrons. The van der Waals surface area contributed by atoms with E-state index >= 15 is 0 Å². The smallest absolute Gasteiger partial charge is 0.310 e. The largest absolute Gasteiger partial charge is 0.481 e. The van der Waals surface area contributed by atoms with Crippen LogP contribution in [0.2, 0.25) is 0 Å². The Morgan fingerprint density at radius 1 is 1.15 bits per heavy atom. The number of benzene rings is 2. The van der Waals surface area contributed by atoms with Crippen molar-refractivity contribution in [3.05, 3.63) is 53.6 Å². The van der Waals surface area contributed by atoms with Crippen LogP contribution in [0, 0.1) is 12.8 Å². The molecule has 2 heterocycles. The molecule has 0 unspecified atom stereocenters. The van der Waals surface area contributed by atoms with Gasteiger partial charge in [-0.15, -0.1) is 0 Å². The summed E-state index contributed by atoms with van der Waals surface area (Å²) in [5, 5.41) is 9.11. The van der Waals surface area contributed by atoms with Crippen LogP contribution in [-0.4, -0.2) is 42.2 Å². The van der Waals surface area contributed by atoms with E-state index in [0.717, 1.165) is 27.9 Å². The third-order valence-electron chi connectivity index (χ3n) is 5.07. The zero-order chi connectivity index (χ0) is 19.2. The standard InChI is InChI=1S/C22H24N2O3/c1-14-7-17(10-19(8-14)24-11-18(12-24)21(25)26)15-5-4-6-16(9-15)20-23-22(2,3)13-27-20/h4-10,18H,11-13H2,1-3H3,(H,25,26). The lowest BCUT2D eigenvalue weighted by molar-refractivity contribution is -0.142.